The SMILES string of the molecule is O=C(O)c1cc(C(=O)O)cc(C(=O)O)c1.O=C1C2C3C=CC(C3)C2C(=O)N1O.O=C1C2C3C=CC(C3)C2C(=O)N1O.O=C1C2C3C=CC(C3)C2C(=O)N1O. The van der Waals surface area contributed by atoms with Gasteiger partial charge >= 0.3 is 17.9 Å². The van der Waals surface area contributed by atoms with Crippen LogP contribution >= 0.6 is 0 Å². The second kappa shape index (κ2) is 13.2. The molecule has 282 valence electrons. The molecule has 3 aliphatic heterocycles. The summed E-state index contributed by atoms with van der Waals surface area (Å²) < 4.78 is 0. The van der Waals surface area contributed by atoms with E-state index in [1.165, 1.54) is 0 Å². The minimum atomic E-state index is -1.37. The minimum absolute atomic E-state index is 0.184. The molecule has 3 saturated carbocycles. The number of fused-ring (bicyclic) bond motifs is 15. The number of carboxylic acids is 3. The van der Waals surface area contributed by atoms with Gasteiger partial charge in [0.2, 0.25) is 0 Å². The molecule has 18 heteroatoms. The van der Waals surface area contributed by atoms with Gasteiger partial charge in [-0.3, -0.25) is 44.4 Å². The second-order valence-corrected chi connectivity index (χ2v) is 14.7. The highest BCUT2D eigenvalue weighted by Gasteiger charge is 2.61. The normalized spacial score (nSPS) is 36.2. The lowest BCUT2D eigenvalue weighted by atomic mass is 9.85. The lowest BCUT2D eigenvalue weighted by Crippen LogP contribution is -2.29. The van der Waals surface area contributed by atoms with Crippen molar-refractivity contribution in [3.63, 3.8) is 0 Å². The molecule has 18 nitrogen and oxygen atoms in total. The van der Waals surface area contributed by atoms with E-state index < -0.39 is 53.4 Å². The highest BCUT2D eigenvalue weighted by atomic mass is 16.5. The molecule has 54 heavy (non-hydrogen) atoms. The molecule has 6 bridgehead atoms. The number of carbonyl (C=O) groups is 9. The molecule has 10 rings (SSSR count). The maximum absolute atomic E-state index is 11.4. The van der Waals surface area contributed by atoms with Gasteiger partial charge in [0.1, 0.15) is 0 Å². The van der Waals surface area contributed by atoms with Gasteiger partial charge in [-0.15, -0.1) is 0 Å². The number of amides is 6. The van der Waals surface area contributed by atoms with Crippen molar-refractivity contribution >= 4 is 53.4 Å². The molecule has 0 radical (unpaired) electrons. The summed E-state index contributed by atoms with van der Waals surface area (Å²) in [6.07, 6.45) is 14.7. The molecule has 12 unspecified atom stereocenters. The lowest BCUT2D eigenvalue weighted by Gasteiger charge is -2.13. The van der Waals surface area contributed by atoms with Crippen molar-refractivity contribution < 1.29 is 74.1 Å². The number of nitrogens with zero attached hydrogens (tertiary/aromatic N) is 3. The molecule has 6 amide bonds. The van der Waals surface area contributed by atoms with Gasteiger partial charge in [0.25, 0.3) is 35.4 Å². The predicted octanol–water partition coefficient (Wildman–Crippen LogP) is 1.33. The Hall–Kier alpha value is -5.85. The molecule has 3 heterocycles. The summed E-state index contributed by atoms with van der Waals surface area (Å²) in [5, 5.41) is 54.2. The van der Waals surface area contributed by atoms with Crippen LogP contribution in [0, 0.1) is 71.0 Å². The maximum Gasteiger partial charge on any atom is 0.335 e. The second-order valence-electron chi connectivity index (χ2n) is 14.7. The predicted molar refractivity (Wildman–Crippen MR) is 171 cm³/mol. The van der Waals surface area contributed by atoms with E-state index in [2.05, 4.69) is 0 Å². The van der Waals surface area contributed by atoms with E-state index in [9.17, 15) is 43.2 Å². The fourth-order valence-electron chi connectivity index (χ4n) is 9.66. The summed E-state index contributed by atoms with van der Waals surface area (Å²) in [6, 6.07) is 2.70. The van der Waals surface area contributed by atoms with Gasteiger partial charge in [0.05, 0.1) is 52.2 Å². The van der Waals surface area contributed by atoms with Crippen molar-refractivity contribution in [3.8, 4) is 0 Å². The van der Waals surface area contributed by atoms with Crippen molar-refractivity contribution in [2.75, 3.05) is 0 Å². The van der Waals surface area contributed by atoms with Gasteiger partial charge in [-0.2, -0.15) is 15.2 Å². The topological polar surface area (TPSA) is 285 Å². The van der Waals surface area contributed by atoms with Crippen LogP contribution in [0.25, 0.3) is 0 Å². The molecule has 6 fully saturated rings. The number of allylic oxidation sites excluding steroid dienone is 6. The van der Waals surface area contributed by atoms with E-state index in [0.717, 1.165) is 37.5 Å². The van der Waals surface area contributed by atoms with Crippen LogP contribution in [0.2, 0.25) is 0 Å². The average Bonchev–Trinajstić information content (AvgIpc) is 4.04. The molecule has 1 aromatic carbocycles. The molecule has 0 spiro atoms. The molecule has 6 N–H and O–H groups in total. The van der Waals surface area contributed by atoms with Crippen molar-refractivity contribution in [3.05, 3.63) is 71.3 Å². The van der Waals surface area contributed by atoms with E-state index in [-0.39, 0.29) is 87.7 Å². The monoisotopic (exact) mass is 747 g/mol. The van der Waals surface area contributed by atoms with Gasteiger partial charge in [-0.05, 0) is 73.0 Å². The lowest BCUT2D eigenvalue weighted by molar-refractivity contribution is -0.174. The first-order valence-corrected chi connectivity index (χ1v) is 17.1. The summed E-state index contributed by atoms with van der Waals surface area (Å²) in [5.41, 5.74) is -1.10. The Kier molecular flexibility index (Phi) is 8.94. The summed E-state index contributed by atoms with van der Waals surface area (Å²) >= 11 is 0. The fourth-order valence-corrected chi connectivity index (χ4v) is 9.66. The zero-order valence-corrected chi connectivity index (χ0v) is 27.9. The third-order valence-corrected chi connectivity index (χ3v) is 12.0. The molecule has 1 aromatic rings. The smallest absolute Gasteiger partial charge is 0.335 e. The van der Waals surface area contributed by atoms with Crippen LogP contribution < -0.4 is 0 Å². The summed E-state index contributed by atoms with van der Waals surface area (Å²) in [4.78, 5) is 100. The number of rotatable bonds is 3. The van der Waals surface area contributed by atoms with Crippen molar-refractivity contribution in [1.82, 2.24) is 15.2 Å². The first-order chi connectivity index (χ1) is 25.5. The molecule has 6 aliphatic carbocycles. The summed E-state index contributed by atoms with van der Waals surface area (Å²) in [5.74, 6) is -7.11. The maximum atomic E-state index is 11.4. The Morgan fingerprint density at radius 1 is 0.389 bits per heavy atom. The molecular formula is C36H33N3O15. The average molecular weight is 748 g/mol. The van der Waals surface area contributed by atoms with Crippen molar-refractivity contribution in [2.24, 2.45) is 71.0 Å². The van der Waals surface area contributed by atoms with E-state index in [4.69, 9.17) is 30.9 Å². The number of benzene rings is 1. The Morgan fingerprint density at radius 3 is 0.704 bits per heavy atom. The summed E-state index contributed by atoms with van der Waals surface area (Å²) in [6.45, 7) is 0. The van der Waals surface area contributed by atoms with Gasteiger partial charge < -0.3 is 15.3 Å². The first-order valence-electron chi connectivity index (χ1n) is 17.1. The largest absolute Gasteiger partial charge is 0.478 e. The van der Waals surface area contributed by atoms with Gasteiger partial charge in [-0.1, -0.05) is 36.5 Å². The Bertz CT molecular complexity index is 1700. The van der Waals surface area contributed by atoms with Gasteiger partial charge in [0, 0.05) is 0 Å². The Morgan fingerprint density at radius 2 is 0.556 bits per heavy atom. The van der Waals surface area contributed by atoms with E-state index >= 15 is 0 Å². The summed E-state index contributed by atoms with van der Waals surface area (Å²) in [7, 11) is 0. The number of hydroxylamine groups is 6. The highest BCUT2D eigenvalue weighted by molar-refractivity contribution is 6.06. The van der Waals surface area contributed by atoms with E-state index in [1.807, 2.05) is 36.5 Å². The number of hydrogen-bond acceptors (Lipinski definition) is 12. The van der Waals surface area contributed by atoms with Gasteiger partial charge in [0.15, 0.2) is 0 Å². The quantitative estimate of drug-likeness (QED) is 0.144. The van der Waals surface area contributed by atoms with Crippen LogP contribution in [0.5, 0.6) is 0 Å². The number of carboxylic acid groups (broad SMARTS) is 3. The third-order valence-electron chi connectivity index (χ3n) is 12.0. The molecule has 12 atom stereocenters. The fraction of sp³-hybridized carbons (Fsp3) is 0.417. The Labute approximate surface area is 304 Å². The van der Waals surface area contributed by atoms with Crippen LogP contribution in [0.1, 0.15) is 50.3 Å². The molecule has 9 aliphatic rings. The van der Waals surface area contributed by atoms with E-state index in [0.29, 0.717) is 15.2 Å². The minimum Gasteiger partial charge on any atom is -0.478 e. The number of carbonyl (C=O) groups excluding carboxylic acids is 6. The van der Waals surface area contributed by atoms with Crippen molar-refractivity contribution in [2.45, 2.75) is 19.3 Å². The zero-order valence-electron chi connectivity index (χ0n) is 27.9. The van der Waals surface area contributed by atoms with Crippen LogP contribution in [0.15, 0.2) is 54.7 Å². The van der Waals surface area contributed by atoms with Crippen LogP contribution in [-0.4, -0.2) is 99.5 Å². The van der Waals surface area contributed by atoms with Crippen LogP contribution in [0.3, 0.4) is 0 Å². The molecular weight excluding hydrogens is 714 g/mol. The number of aromatic carboxylic acids is 3. The van der Waals surface area contributed by atoms with Gasteiger partial charge in [-0.25, -0.2) is 14.4 Å². The standard InChI is InChI=1S/3C9H9NO3.C9H6O6/c3*11-8-6-4-1-2-5(3-4)7(6)9(12)10(8)13;10-7(11)4-1-5(8(12)13)3-6(2-4)9(14)15/h3*1-2,4-7,13H,3H2;1-3H,(H,10,11)(H,12,13)(H,14,15). The number of hydrogen-bond donors (Lipinski definition) is 6. The third kappa shape index (κ3) is 5.64. The van der Waals surface area contributed by atoms with Crippen LogP contribution in [0.4, 0.5) is 0 Å². The molecule has 0 aromatic heterocycles. The highest BCUT2D eigenvalue weighted by Crippen LogP contribution is 2.54. The Balaban J connectivity index is 0.000000111. The van der Waals surface area contributed by atoms with E-state index in [1.54, 1.807) is 0 Å². The first kappa shape index (κ1) is 36.5. The van der Waals surface area contributed by atoms with Crippen molar-refractivity contribution in [1.29, 1.82) is 0 Å². The number of imide groups is 3. The molecule has 3 saturated heterocycles. The van der Waals surface area contributed by atoms with Crippen LogP contribution in [-0.2, 0) is 28.8 Å². The zero-order chi connectivity index (χ0) is 39.1.